The maximum atomic E-state index is 4.76. The Balaban J connectivity index is 2.22. The second-order valence-electron chi connectivity index (χ2n) is 5.59. The van der Waals surface area contributed by atoms with E-state index < -0.39 is 0 Å². The molecule has 0 spiro atoms. The quantitative estimate of drug-likeness (QED) is 0.365. The van der Waals surface area contributed by atoms with Crippen LogP contribution in [-0.2, 0) is 13.1 Å². The van der Waals surface area contributed by atoms with Crippen LogP contribution in [0.3, 0.4) is 0 Å². The average molecular weight is 339 g/mol. The summed E-state index contributed by atoms with van der Waals surface area (Å²) in [5, 5.41) is 1.10. The molecule has 0 aromatic heterocycles. The molecule has 0 heterocycles. The molecule has 2 rings (SSSR count). The summed E-state index contributed by atoms with van der Waals surface area (Å²) in [6.07, 6.45) is 3.00. The molecule has 2 nitrogen and oxygen atoms in total. The average Bonchev–Trinajstić information content (AvgIpc) is 2.63. The topological polar surface area (TPSA) is 15.6 Å². The van der Waals surface area contributed by atoms with Crippen LogP contribution < -0.4 is 0 Å². The Morgan fingerprint density at radius 1 is 1.00 bits per heavy atom. The summed E-state index contributed by atoms with van der Waals surface area (Å²) in [6.45, 7) is 8.40. The normalized spacial score (nSPS) is 11.3. The molecule has 0 saturated heterocycles. The van der Waals surface area contributed by atoms with Gasteiger partial charge in [-0.25, -0.2) is 0 Å². The fourth-order valence-electron chi connectivity index (χ4n) is 2.37. The predicted octanol–water partition coefficient (Wildman–Crippen LogP) is 5.37. The van der Waals surface area contributed by atoms with Crippen LogP contribution in [-0.4, -0.2) is 22.4 Å². The minimum absolute atomic E-state index is 0.659. The first-order chi connectivity index (χ1) is 11.8. The minimum Gasteiger partial charge on any atom is -0.343 e. The molecule has 0 atom stereocenters. The van der Waals surface area contributed by atoms with E-state index in [9.17, 15) is 0 Å². The first-order valence-corrected chi connectivity index (χ1v) is 9.43. The van der Waals surface area contributed by atoms with Gasteiger partial charge in [-0.3, -0.25) is 4.99 Å². The van der Waals surface area contributed by atoms with E-state index in [1.165, 1.54) is 11.1 Å². The lowest BCUT2D eigenvalue weighted by Gasteiger charge is -2.26. The van der Waals surface area contributed by atoms with Crippen molar-refractivity contribution in [1.29, 1.82) is 0 Å². The van der Waals surface area contributed by atoms with E-state index in [0.29, 0.717) is 6.54 Å². The number of amidine groups is 1. The first kappa shape index (κ1) is 18.3. The second kappa shape index (κ2) is 10.7. The molecule has 0 aliphatic rings. The molecule has 0 bridgehead atoms. The molecule has 0 N–H and O–H groups in total. The molecule has 0 fully saturated rings. The summed E-state index contributed by atoms with van der Waals surface area (Å²) in [5.74, 6) is 1.08. The van der Waals surface area contributed by atoms with E-state index in [2.05, 4.69) is 79.1 Å². The molecule has 0 aliphatic carbocycles. The summed E-state index contributed by atoms with van der Waals surface area (Å²) < 4.78 is 0. The Morgan fingerprint density at radius 2 is 1.54 bits per heavy atom. The van der Waals surface area contributed by atoms with Crippen LogP contribution in [0.25, 0.3) is 0 Å². The van der Waals surface area contributed by atoms with Gasteiger partial charge in [-0.15, -0.1) is 6.58 Å². The van der Waals surface area contributed by atoms with Crippen LogP contribution >= 0.6 is 11.8 Å². The number of hydrogen-bond acceptors (Lipinski definition) is 2. The Morgan fingerprint density at radius 3 is 2.00 bits per heavy atom. The van der Waals surface area contributed by atoms with Crippen LogP contribution in [0.5, 0.6) is 0 Å². The van der Waals surface area contributed by atoms with Gasteiger partial charge in [-0.2, -0.15) is 0 Å². The molecule has 0 aliphatic heterocycles. The molecule has 0 amide bonds. The highest BCUT2D eigenvalue weighted by molar-refractivity contribution is 8.13. The lowest BCUT2D eigenvalue weighted by atomic mass is 10.2. The molecule has 24 heavy (non-hydrogen) atoms. The van der Waals surface area contributed by atoms with Gasteiger partial charge in [0.25, 0.3) is 0 Å². The Kier molecular flexibility index (Phi) is 8.19. The van der Waals surface area contributed by atoms with Crippen molar-refractivity contribution in [2.75, 3.05) is 12.3 Å². The Hall–Kier alpha value is -2.00. The van der Waals surface area contributed by atoms with Gasteiger partial charge < -0.3 is 4.90 Å². The number of thioether (sulfide) groups is 1. The smallest absolute Gasteiger partial charge is 0.160 e. The maximum absolute atomic E-state index is 4.76. The van der Waals surface area contributed by atoms with Gasteiger partial charge in [-0.05, 0) is 17.5 Å². The predicted molar refractivity (Wildman–Crippen MR) is 107 cm³/mol. The summed E-state index contributed by atoms with van der Waals surface area (Å²) in [6, 6.07) is 21.2. The summed E-state index contributed by atoms with van der Waals surface area (Å²) in [5.41, 5.74) is 2.61. The van der Waals surface area contributed by atoms with Crippen molar-refractivity contribution < 1.29 is 0 Å². The molecule has 126 valence electrons. The van der Waals surface area contributed by atoms with Crippen molar-refractivity contribution in [2.24, 2.45) is 4.99 Å². The molecule has 2 aromatic rings. The van der Waals surface area contributed by atoms with E-state index in [1.807, 2.05) is 17.8 Å². The molecule has 0 radical (unpaired) electrons. The van der Waals surface area contributed by atoms with Crippen molar-refractivity contribution in [2.45, 2.75) is 26.4 Å². The monoisotopic (exact) mass is 338 g/mol. The van der Waals surface area contributed by atoms with Gasteiger partial charge in [0.1, 0.15) is 0 Å². The lowest BCUT2D eigenvalue weighted by Crippen LogP contribution is -2.28. The summed E-state index contributed by atoms with van der Waals surface area (Å²) in [7, 11) is 0. The first-order valence-electron chi connectivity index (χ1n) is 8.44. The van der Waals surface area contributed by atoms with E-state index >= 15 is 0 Å². The highest BCUT2D eigenvalue weighted by atomic mass is 32.2. The van der Waals surface area contributed by atoms with Crippen molar-refractivity contribution in [3.63, 3.8) is 0 Å². The number of aliphatic imine (C=N–C) groups is 1. The Labute approximate surface area is 150 Å². The zero-order chi connectivity index (χ0) is 17.0. The highest BCUT2D eigenvalue weighted by Crippen LogP contribution is 2.18. The highest BCUT2D eigenvalue weighted by Gasteiger charge is 2.13. The number of benzene rings is 2. The molecule has 2 aromatic carbocycles. The molecule has 0 saturated carbocycles. The van der Waals surface area contributed by atoms with E-state index in [0.717, 1.165) is 30.4 Å². The summed E-state index contributed by atoms with van der Waals surface area (Å²) in [4.78, 5) is 7.13. The molecule has 3 heteroatoms. The van der Waals surface area contributed by atoms with E-state index in [4.69, 9.17) is 4.99 Å². The summed E-state index contributed by atoms with van der Waals surface area (Å²) >= 11 is 1.84. The Bertz CT molecular complexity index is 581. The molecule has 0 unspecified atom stereocenters. The standard InChI is InChI=1S/C21H26N2S/c1-3-15-22-21(24-16-4-2)23(17-19-11-7-5-8-12-19)18-20-13-9-6-10-14-20/h3,5-14H,1,4,15-18H2,2H3. The van der Waals surface area contributed by atoms with Crippen molar-refractivity contribution in [3.05, 3.63) is 84.4 Å². The SMILES string of the molecule is C=CCN=C(SCCC)N(Cc1ccccc1)Cc1ccccc1. The fraction of sp³-hybridized carbons (Fsp3) is 0.286. The molecular weight excluding hydrogens is 312 g/mol. The van der Waals surface area contributed by atoms with Crippen molar-refractivity contribution in [3.8, 4) is 0 Å². The maximum Gasteiger partial charge on any atom is 0.160 e. The van der Waals surface area contributed by atoms with Crippen molar-refractivity contribution in [1.82, 2.24) is 4.90 Å². The zero-order valence-electron chi connectivity index (χ0n) is 14.4. The van der Waals surface area contributed by atoms with Gasteiger partial charge in [0.05, 0.1) is 6.54 Å². The third kappa shape index (κ3) is 6.25. The van der Waals surface area contributed by atoms with E-state index in [1.54, 1.807) is 0 Å². The largest absolute Gasteiger partial charge is 0.343 e. The fourth-order valence-corrected chi connectivity index (χ4v) is 3.24. The van der Waals surface area contributed by atoms with Crippen LogP contribution in [0.15, 0.2) is 78.3 Å². The van der Waals surface area contributed by atoms with Crippen LogP contribution in [0, 0.1) is 0 Å². The van der Waals surface area contributed by atoms with Gasteiger partial charge in [0, 0.05) is 18.8 Å². The van der Waals surface area contributed by atoms with Crippen LogP contribution in [0.2, 0.25) is 0 Å². The number of hydrogen-bond donors (Lipinski definition) is 0. The van der Waals surface area contributed by atoms with Crippen LogP contribution in [0.4, 0.5) is 0 Å². The van der Waals surface area contributed by atoms with Gasteiger partial charge in [0.15, 0.2) is 5.17 Å². The van der Waals surface area contributed by atoms with E-state index in [-0.39, 0.29) is 0 Å². The van der Waals surface area contributed by atoms with Crippen LogP contribution in [0.1, 0.15) is 24.5 Å². The zero-order valence-corrected chi connectivity index (χ0v) is 15.2. The second-order valence-corrected chi connectivity index (χ2v) is 6.65. The van der Waals surface area contributed by atoms with Gasteiger partial charge in [0.2, 0.25) is 0 Å². The number of rotatable bonds is 8. The van der Waals surface area contributed by atoms with Gasteiger partial charge >= 0.3 is 0 Å². The minimum atomic E-state index is 0.659. The molecular formula is C21H26N2S. The number of nitrogens with zero attached hydrogens (tertiary/aromatic N) is 2. The van der Waals surface area contributed by atoms with Gasteiger partial charge in [-0.1, -0.05) is 85.4 Å². The third-order valence-electron chi connectivity index (χ3n) is 3.49. The lowest BCUT2D eigenvalue weighted by molar-refractivity contribution is 0.414. The van der Waals surface area contributed by atoms with Crippen molar-refractivity contribution >= 4 is 16.9 Å². The third-order valence-corrected chi connectivity index (χ3v) is 4.75.